The molecule has 0 aliphatic carbocycles. The Kier molecular flexibility index (Phi) is 2.69. The van der Waals surface area contributed by atoms with Gasteiger partial charge in [-0.1, -0.05) is 13.8 Å². The second-order valence-corrected chi connectivity index (χ2v) is 2.85. The third-order valence-electron chi connectivity index (χ3n) is 1.83. The van der Waals surface area contributed by atoms with Crippen molar-refractivity contribution in [2.45, 2.75) is 40.2 Å². The van der Waals surface area contributed by atoms with Crippen LogP contribution in [-0.4, -0.2) is 9.78 Å². The van der Waals surface area contributed by atoms with E-state index in [0.29, 0.717) is 0 Å². The minimum atomic E-state index is 1.04. The third kappa shape index (κ3) is 1.82. The molecule has 0 atom stereocenters. The van der Waals surface area contributed by atoms with Crippen molar-refractivity contribution in [2.24, 2.45) is 0 Å². The van der Waals surface area contributed by atoms with Gasteiger partial charge < -0.3 is 0 Å². The van der Waals surface area contributed by atoms with Crippen molar-refractivity contribution >= 4 is 0 Å². The molecule has 1 aromatic rings. The van der Waals surface area contributed by atoms with Gasteiger partial charge in [0, 0.05) is 12.2 Å². The van der Waals surface area contributed by atoms with Crippen molar-refractivity contribution in [3.8, 4) is 0 Å². The van der Waals surface area contributed by atoms with Gasteiger partial charge in [-0.05, 0) is 25.8 Å². The molecule has 0 fully saturated rings. The van der Waals surface area contributed by atoms with Crippen molar-refractivity contribution in [1.82, 2.24) is 9.78 Å². The number of aryl methyl sites for hydroxylation is 3. The van der Waals surface area contributed by atoms with E-state index in [9.17, 15) is 0 Å². The Morgan fingerprint density at radius 2 is 2.18 bits per heavy atom. The molecule has 0 radical (unpaired) electrons. The summed E-state index contributed by atoms with van der Waals surface area (Å²) in [7, 11) is 0. The molecule has 0 spiro atoms. The fourth-order valence-corrected chi connectivity index (χ4v) is 1.19. The second-order valence-electron chi connectivity index (χ2n) is 2.85. The zero-order valence-electron chi connectivity index (χ0n) is 7.59. The Hall–Kier alpha value is -0.790. The lowest BCUT2D eigenvalue weighted by molar-refractivity contribution is 0.580. The quantitative estimate of drug-likeness (QED) is 0.649. The van der Waals surface area contributed by atoms with Crippen LogP contribution in [0.3, 0.4) is 0 Å². The van der Waals surface area contributed by atoms with Gasteiger partial charge >= 0.3 is 0 Å². The van der Waals surface area contributed by atoms with Gasteiger partial charge in [0.15, 0.2) is 0 Å². The van der Waals surface area contributed by atoms with E-state index in [1.54, 1.807) is 0 Å². The molecule has 0 saturated heterocycles. The molecule has 0 saturated carbocycles. The van der Waals surface area contributed by atoms with E-state index in [2.05, 4.69) is 36.6 Å². The number of aromatic nitrogens is 2. The predicted molar refractivity (Wildman–Crippen MR) is 46.6 cm³/mol. The Labute approximate surface area is 68.2 Å². The minimum absolute atomic E-state index is 1.04. The average Bonchev–Trinajstić information content (AvgIpc) is 2.33. The smallest absolute Gasteiger partial charge is 0.0624 e. The van der Waals surface area contributed by atoms with Crippen molar-refractivity contribution < 1.29 is 0 Å². The molecule has 11 heavy (non-hydrogen) atoms. The lowest BCUT2D eigenvalue weighted by Gasteiger charge is -1.99. The molecule has 1 heterocycles. The van der Waals surface area contributed by atoms with Crippen LogP contribution in [0.5, 0.6) is 0 Å². The predicted octanol–water partition coefficient (Wildman–Crippen LogP) is 2.16. The molecule has 0 aromatic carbocycles. The molecule has 62 valence electrons. The standard InChI is InChI=1S/C9H16N2/c1-4-6-11-8(3)7-9(5-2)10-11/h7H,4-6H2,1-3H3. The molecule has 0 aliphatic heterocycles. The molecule has 1 aromatic heterocycles. The molecule has 0 aliphatic rings. The first kappa shape index (κ1) is 8.31. The van der Waals surface area contributed by atoms with Gasteiger partial charge in [0.1, 0.15) is 0 Å². The Morgan fingerprint density at radius 1 is 1.45 bits per heavy atom. The zero-order valence-corrected chi connectivity index (χ0v) is 7.59. The normalized spacial score (nSPS) is 10.5. The van der Waals surface area contributed by atoms with Crippen LogP contribution in [0.15, 0.2) is 6.07 Å². The third-order valence-corrected chi connectivity index (χ3v) is 1.83. The van der Waals surface area contributed by atoms with E-state index in [4.69, 9.17) is 0 Å². The highest BCUT2D eigenvalue weighted by Crippen LogP contribution is 2.03. The fourth-order valence-electron chi connectivity index (χ4n) is 1.19. The molecule has 2 nitrogen and oxygen atoms in total. The highest BCUT2D eigenvalue weighted by molar-refractivity contribution is 5.08. The van der Waals surface area contributed by atoms with Gasteiger partial charge in [-0.15, -0.1) is 0 Å². The average molecular weight is 152 g/mol. The summed E-state index contributed by atoms with van der Waals surface area (Å²) in [4.78, 5) is 0. The Balaban J connectivity index is 2.79. The van der Waals surface area contributed by atoms with Gasteiger partial charge in [-0.2, -0.15) is 5.10 Å². The van der Waals surface area contributed by atoms with Gasteiger partial charge in [-0.3, -0.25) is 4.68 Å². The van der Waals surface area contributed by atoms with Crippen molar-refractivity contribution in [3.05, 3.63) is 17.5 Å². The summed E-state index contributed by atoms with van der Waals surface area (Å²) < 4.78 is 2.08. The van der Waals surface area contributed by atoms with Crippen LogP contribution in [0.25, 0.3) is 0 Å². The molecule has 0 N–H and O–H groups in total. The number of nitrogens with zero attached hydrogens (tertiary/aromatic N) is 2. The largest absolute Gasteiger partial charge is 0.270 e. The molecule has 0 bridgehead atoms. The summed E-state index contributed by atoms with van der Waals surface area (Å²) >= 11 is 0. The molecular formula is C9H16N2. The van der Waals surface area contributed by atoms with Crippen LogP contribution in [0.4, 0.5) is 0 Å². The molecule has 0 unspecified atom stereocenters. The van der Waals surface area contributed by atoms with Gasteiger partial charge in [-0.25, -0.2) is 0 Å². The highest BCUT2D eigenvalue weighted by Gasteiger charge is 1.99. The fraction of sp³-hybridized carbons (Fsp3) is 0.667. The maximum Gasteiger partial charge on any atom is 0.0624 e. The van der Waals surface area contributed by atoms with E-state index < -0.39 is 0 Å². The monoisotopic (exact) mass is 152 g/mol. The van der Waals surface area contributed by atoms with E-state index >= 15 is 0 Å². The van der Waals surface area contributed by atoms with Crippen LogP contribution in [0, 0.1) is 6.92 Å². The first-order chi connectivity index (χ1) is 5.27. The van der Waals surface area contributed by atoms with Gasteiger partial charge in [0.05, 0.1) is 5.69 Å². The summed E-state index contributed by atoms with van der Waals surface area (Å²) in [5, 5.41) is 4.43. The first-order valence-corrected chi connectivity index (χ1v) is 4.31. The molecule has 0 amide bonds. The summed E-state index contributed by atoms with van der Waals surface area (Å²) in [5.74, 6) is 0. The number of hydrogen-bond donors (Lipinski definition) is 0. The van der Waals surface area contributed by atoms with Crippen LogP contribution >= 0.6 is 0 Å². The van der Waals surface area contributed by atoms with E-state index in [1.807, 2.05) is 0 Å². The lowest BCUT2D eigenvalue weighted by atomic mass is 10.3. The summed E-state index contributed by atoms with van der Waals surface area (Å²) in [6.07, 6.45) is 2.20. The summed E-state index contributed by atoms with van der Waals surface area (Å²) in [6.45, 7) is 7.47. The topological polar surface area (TPSA) is 17.8 Å². The Bertz CT molecular complexity index is 225. The first-order valence-electron chi connectivity index (χ1n) is 4.31. The molecular weight excluding hydrogens is 136 g/mol. The second kappa shape index (κ2) is 3.56. The highest BCUT2D eigenvalue weighted by atomic mass is 15.3. The van der Waals surface area contributed by atoms with E-state index in [-0.39, 0.29) is 0 Å². The van der Waals surface area contributed by atoms with E-state index in [1.165, 1.54) is 11.4 Å². The van der Waals surface area contributed by atoms with Crippen molar-refractivity contribution in [3.63, 3.8) is 0 Å². The number of rotatable bonds is 3. The summed E-state index contributed by atoms with van der Waals surface area (Å²) in [5.41, 5.74) is 2.49. The maximum atomic E-state index is 4.43. The maximum absolute atomic E-state index is 4.43. The molecule has 2 heteroatoms. The van der Waals surface area contributed by atoms with Crippen LogP contribution in [0.1, 0.15) is 31.7 Å². The Morgan fingerprint density at radius 3 is 2.64 bits per heavy atom. The minimum Gasteiger partial charge on any atom is -0.270 e. The van der Waals surface area contributed by atoms with Crippen molar-refractivity contribution in [2.75, 3.05) is 0 Å². The van der Waals surface area contributed by atoms with Crippen LogP contribution in [0.2, 0.25) is 0 Å². The van der Waals surface area contributed by atoms with E-state index in [0.717, 1.165) is 19.4 Å². The van der Waals surface area contributed by atoms with Crippen LogP contribution < -0.4 is 0 Å². The van der Waals surface area contributed by atoms with Crippen molar-refractivity contribution in [1.29, 1.82) is 0 Å². The SMILES string of the molecule is CCCn1nc(CC)cc1C. The summed E-state index contributed by atoms with van der Waals surface area (Å²) in [6, 6.07) is 2.16. The lowest BCUT2D eigenvalue weighted by Crippen LogP contribution is -2.01. The number of hydrogen-bond acceptors (Lipinski definition) is 1. The van der Waals surface area contributed by atoms with Gasteiger partial charge in [0.2, 0.25) is 0 Å². The molecule has 1 rings (SSSR count). The van der Waals surface area contributed by atoms with Gasteiger partial charge in [0.25, 0.3) is 0 Å². The van der Waals surface area contributed by atoms with Crippen LogP contribution in [-0.2, 0) is 13.0 Å². The zero-order chi connectivity index (χ0) is 8.27.